The molecular formula is C12H9F3O4. The van der Waals surface area contributed by atoms with Gasteiger partial charge >= 0.3 is 6.18 Å². The van der Waals surface area contributed by atoms with Gasteiger partial charge in [0.1, 0.15) is 22.5 Å². The molecular weight excluding hydrogens is 265 g/mol. The van der Waals surface area contributed by atoms with Crippen molar-refractivity contribution in [1.29, 1.82) is 0 Å². The number of hydrogen-bond donors (Lipinski definition) is 0. The first-order valence-corrected chi connectivity index (χ1v) is 5.14. The van der Waals surface area contributed by atoms with E-state index in [0.29, 0.717) is 6.07 Å². The molecule has 0 aliphatic rings. The molecule has 1 aromatic carbocycles. The van der Waals surface area contributed by atoms with Crippen molar-refractivity contribution in [1.82, 2.24) is 0 Å². The van der Waals surface area contributed by atoms with Crippen molar-refractivity contribution >= 4 is 11.0 Å². The Morgan fingerprint density at radius 2 is 1.79 bits per heavy atom. The Kier molecular flexibility index (Phi) is 3.13. The van der Waals surface area contributed by atoms with Crippen molar-refractivity contribution in [2.24, 2.45) is 0 Å². The van der Waals surface area contributed by atoms with Crippen LogP contribution in [0.1, 0.15) is 5.76 Å². The van der Waals surface area contributed by atoms with Gasteiger partial charge in [0.05, 0.1) is 14.2 Å². The molecule has 0 fully saturated rings. The van der Waals surface area contributed by atoms with Crippen LogP contribution in [0.4, 0.5) is 13.2 Å². The number of rotatable bonds is 2. The third-order valence-corrected chi connectivity index (χ3v) is 2.50. The Morgan fingerprint density at radius 3 is 2.32 bits per heavy atom. The second-order valence-electron chi connectivity index (χ2n) is 3.68. The van der Waals surface area contributed by atoms with Crippen LogP contribution in [0.15, 0.2) is 27.4 Å². The van der Waals surface area contributed by atoms with E-state index in [0.717, 1.165) is 0 Å². The van der Waals surface area contributed by atoms with E-state index in [4.69, 9.17) is 13.9 Å². The van der Waals surface area contributed by atoms with Gasteiger partial charge in [0.2, 0.25) is 5.76 Å². The Balaban J connectivity index is 2.84. The summed E-state index contributed by atoms with van der Waals surface area (Å²) in [6.45, 7) is 0. The zero-order valence-corrected chi connectivity index (χ0v) is 10.00. The highest BCUT2D eigenvalue weighted by atomic mass is 19.4. The highest BCUT2D eigenvalue weighted by Crippen LogP contribution is 2.34. The minimum absolute atomic E-state index is 0.0590. The molecule has 2 rings (SSSR count). The molecule has 19 heavy (non-hydrogen) atoms. The predicted octanol–water partition coefficient (Wildman–Crippen LogP) is 2.83. The third kappa shape index (κ3) is 2.35. The molecule has 4 nitrogen and oxygen atoms in total. The Hall–Kier alpha value is -2.18. The van der Waals surface area contributed by atoms with Crippen LogP contribution in [-0.2, 0) is 6.18 Å². The summed E-state index contributed by atoms with van der Waals surface area (Å²) in [5.41, 5.74) is -1.07. The van der Waals surface area contributed by atoms with Crippen LogP contribution in [0.25, 0.3) is 11.0 Å². The van der Waals surface area contributed by atoms with Crippen LogP contribution in [-0.4, -0.2) is 14.2 Å². The number of fused-ring (bicyclic) bond motifs is 1. The molecule has 0 bridgehead atoms. The van der Waals surface area contributed by atoms with Gasteiger partial charge in [-0.1, -0.05) is 0 Å². The molecule has 0 atom stereocenters. The molecule has 0 spiro atoms. The minimum Gasteiger partial charge on any atom is -0.496 e. The van der Waals surface area contributed by atoms with Gasteiger partial charge in [-0.3, -0.25) is 4.79 Å². The summed E-state index contributed by atoms with van der Waals surface area (Å²) in [6.07, 6.45) is -4.73. The topological polar surface area (TPSA) is 48.7 Å². The van der Waals surface area contributed by atoms with Gasteiger partial charge in [-0.25, -0.2) is 0 Å². The largest absolute Gasteiger partial charge is 0.496 e. The molecule has 0 unspecified atom stereocenters. The highest BCUT2D eigenvalue weighted by molar-refractivity contribution is 5.85. The summed E-state index contributed by atoms with van der Waals surface area (Å²) in [4.78, 5) is 11.7. The average molecular weight is 274 g/mol. The van der Waals surface area contributed by atoms with E-state index in [9.17, 15) is 18.0 Å². The molecule has 0 radical (unpaired) electrons. The summed E-state index contributed by atoms with van der Waals surface area (Å²) in [5.74, 6) is -1.04. The molecule has 102 valence electrons. The summed E-state index contributed by atoms with van der Waals surface area (Å²) in [5, 5.41) is -0.0590. The Bertz CT molecular complexity index is 673. The van der Waals surface area contributed by atoms with Gasteiger partial charge in [0.25, 0.3) is 0 Å². The maximum atomic E-state index is 12.6. The zero-order valence-electron chi connectivity index (χ0n) is 10.00. The van der Waals surface area contributed by atoms with Crippen molar-refractivity contribution < 1.29 is 27.1 Å². The first kappa shape index (κ1) is 13.3. The van der Waals surface area contributed by atoms with Gasteiger partial charge in [-0.15, -0.1) is 0 Å². The normalized spacial score (nSPS) is 11.6. The monoisotopic (exact) mass is 274 g/mol. The number of ether oxygens (including phenoxy) is 2. The molecule has 0 N–H and O–H groups in total. The SMILES string of the molecule is COc1cc(OC)c2c(=O)cc(C(F)(F)F)oc2c1. The lowest BCUT2D eigenvalue weighted by Gasteiger charge is -2.10. The van der Waals surface area contributed by atoms with E-state index in [-0.39, 0.29) is 22.5 Å². The summed E-state index contributed by atoms with van der Waals surface area (Å²) >= 11 is 0. The first-order valence-electron chi connectivity index (χ1n) is 5.14. The molecule has 0 saturated heterocycles. The third-order valence-electron chi connectivity index (χ3n) is 2.50. The fraction of sp³-hybridized carbons (Fsp3) is 0.250. The molecule has 0 aliphatic carbocycles. The van der Waals surface area contributed by atoms with E-state index in [1.54, 1.807) is 0 Å². The molecule has 2 aromatic rings. The lowest BCUT2D eigenvalue weighted by molar-refractivity contribution is -0.152. The van der Waals surface area contributed by atoms with E-state index in [1.807, 2.05) is 0 Å². The lowest BCUT2D eigenvalue weighted by atomic mass is 10.2. The highest BCUT2D eigenvalue weighted by Gasteiger charge is 2.35. The van der Waals surface area contributed by atoms with Crippen molar-refractivity contribution in [3.05, 3.63) is 34.2 Å². The Labute approximate surface area is 105 Å². The quantitative estimate of drug-likeness (QED) is 0.844. The lowest BCUT2D eigenvalue weighted by Crippen LogP contribution is -2.11. The minimum atomic E-state index is -4.73. The van der Waals surface area contributed by atoms with E-state index >= 15 is 0 Å². The van der Waals surface area contributed by atoms with Gasteiger partial charge in [0.15, 0.2) is 5.43 Å². The van der Waals surface area contributed by atoms with Gasteiger partial charge in [0, 0.05) is 18.2 Å². The molecule has 0 amide bonds. The van der Waals surface area contributed by atoms with Crippen molar-refractivity contribution in [3.8, 4) is 11.5 Å². The standard InChI is InChI=1S/C12H9F3O4/c1-17-6-3-8(18-2)11-7(16)5-10(12(13,14)15)19-9(11)4-6/h3-5H,1-2H3. The molecule has 1 heterocycles. The fourth-order valence-corrected chi connectivity index (χ4v) is 1.65. The van der Waals surface area contributed by atoms with Crippen molar-refractivity contribution in [2.45, 2.75) is 6.18 Å². The van der Waals surface area contributed by atoms with Crippen LogP contribution in [0, 0.1) is 0 Å². The molecule has 0 aliphatic heterocycles. The van der Waals surface area contributed by atoms with Gasteiger partial charge in [-0.2, -0.15) is 13.2 Å². The van der Waals surface area contributed by atoms with E-state index in [2.05, 4.69) is 0 Å². The van der Waals surface area contributed by atoms with Gasteiger partial charge in [-0.05, 0) is 0 Å². The zero-order chi connectivity index (χ0) is 14.2. The van der Waals surface area contributed by atoms with E-state index < -0.39 is 17.4 Å². The first-order chi connectivity index (χ1) is 8.86. The van der Waals surface area contributed by atoms with Crippen LogP contribution in [0.2, 0.25) is 0 Å². The number of alkyl halides is 3. The van der Waals surface area contributed by atoms with Crippen LogP contribution in [0.5, 0.6) is 11.5 Å². The van der Waals surface area contributed by atoms with Crippen molar-refractivity contribution in [2.75, 3.05) is 14.2 Å². The maximum absolute atomic E-state index is 12.6. The number of hydrogen-bond acceptors (Lipinski definition) is 4. The average Bonchev–Trinajstić information content (AvgIpc) is 2.35. The number of methoxy groups -OCH3 is 2. The van der Waals surface area contributed by atoms with Crippen molar-refractivity contribution in [3.63, 3.8) is 0 Å². The second kappa shape index (κ2) is 4.49. The van der Waals surface area contributed by atoms with Crippen LogP contribution >= 0.6 is 0 Å². The maximum Gasteiger partial charge on any atom is 0.449 e. The molecule has 1 aromatic heterocycles. The molecule has 0 saturated carbocycles. The van der Waals surface area contributed by atoms with E-state index in [1.165, 1.54) is 26.4 Å². The fourth-order valence-electron chi connectivity index (χ4n) is 1.65. The summed E-state index contributed by atoms with van der Waals surface area (Å²) in [7, 11) is 2.64. The summed E-state index contributed by atoms with van der Waals surface area (Å²) in [6, 6.07) is 3.00. The Morgan fingerprint density at radius 1 is 1.11 bits per heavy atom. The summed E-state index contributed by atoms with van der Waals surface area (Å²) < 4.78 is 52.3. The predicted molar refractivity (Wildman–Crippen MR) is 60.6 cm³/mol. The van der Waals surface area contributed by atoms with Crippen LogP contribution in [0.3, 0.4) is 0 Å². The van der Waals surface area contributed by atoms with Gasteiger partial charge < -0.3 is 13.9 Å². The number of benzene rings is 1. The number of halogens is 3. The van der Waals surface area contributed by atoms with Crippen LogP contribution < -0.4 is 14.9 Å². The second-order valence-corrected chi connectivity index (χ2v) is 3.68. The molecule has 7 heteroatoms. The smallest absolute Gasteiger partial charge is 0.449 e.